The molecule has 0 heterocycles. The lowest BCUT2D eigenvalue weighted by Gasteiger charge is -2.25. The highest BCUT2D eigenvalue weighted by Crippen LogP contribution is 2.23. The minimum absolute atomic E-state index is 0.0129. The summed E-state index contributed by atoms with van der Waals surface area (Å²) in [5.41, 5.74) is 1.53. The fourth-order valence-electron chi connectivity index (χ4n) is 2.88. The molecule has 1 fully saturated rings. The molecule has 126 valence electrons. The number of carbonyl (C=O) groups is 2. The van der Waals surface area contributed by atoms with E-state index in [1.807, 2.05) is 24.3 Å². The Morgan fingerprint density at radius 2 is 1.83 bits per heavy atom. The number of benzene rings is 1. The second-order valence-corrected chi connectivity index (χ2v) is 6.32. The number of carbonyl (C=O) groups excluding carboxylic acids is 2. The summed E-state index contributed by atoms with van der Waals surface area (Å²) in [7, 11) is 3.43. The summed E-state index contributed by atoms with van der Waals surface area (Å²) < 4.78 is 0. The molecule has 0 saturated heterocycles. The first-order valence-corrected chi connectivity index (χ1v) is 8.42. The molecule has 0 aliphatic heterocycles. The zero-order valence-corrected chi connectivity index (χ0v) is 14.1. The second kappa shape index (κ2) is 8.56. The largest absolute Gasteiger partial charge is 0.382 e. The van der Waals surface area contributed by atoms with Crippen molar-refractivity contribution in [2.75, 3.05) is 26.0 Å². The van der Waals surface area contributed by atoms with E-state index in [0.717, 1.165) is 18.5 Å². The predicted octanol–water partition coefficient (Wildman–Crippen LogP) is 2.64. The first-order chi connectivity index (χ1) is 11.1. The molecule has 1 aromatic carbocycles. The first-order valence-electron chi connectivity index (χ1n) is 8.42. The lowest BCUT2D eigenvalue weighted by atomic mass is 9.95. The van der Waals surface area contributed by atoms with Gasteiger partial charge in [-0.15, -0.1) is 0 Å². The van der Waals surface area contributed by atoms with Crippen LogP contribution in [-0.4, -0.2) is 43.4 Å². The van der Waals surface area contributed by atoms with E-state index in [0.29, 0.717) is 24.6 Å². The van der Waals surface area contributed by atoms with Gasteiger partial charge in [0.1, 0.15) is 0 Å². The number of rotatable bonds is 6. The SMILES string of the molecule is CN(C)C(=O)CCNC(=O)c1ccccc1NC1CCCCC1. The average molecular weight is 317 g/mol. The Balaban J connectivity index is 1.93. The van der Waals surface area contributed by atoms with E-state index < -0.39 is 0 Å². The van der Waals surface area contributed by atoms with Gasteiger partial charge in [-0.1, -0.05) is 31.4 Å². The van der Waals surface area contributed by atoms with E-state index in [1.165, 1.54) is 24.2 Å². The van der Waals surface area contributed by atoms with Crippen LogP contribution >= 0.6 is 0 Å². The fourth-order valence-corrected chi connectivity index (χ4v) is 2.88. The van der Waals surface area contributed by atoms with Crippen molar-refractivity contribution in [1.82, 2.24) is 10.2 Å². The molecular weight excluding hydrogens is 290 g/mol. The Kier molecular flexibility index (Phi) is 6.44. The summed E-state index contributed by atoms with van der Waals surface area (Å²) in [6.07, 6.45) is 6.44. The molecule has 1 aliphatic rings. The van der Waals surface area contributed by atoms with Gasteiger partial charge >= 0.3 is 0 Å². The van der Waals surface area contributed by atoms with Crippen LogP contribution in [0.25, 0.3) is 0 Å². The van der Waals surface area contributed by atoms with Crippen LogP contribution in [0.2, 0.25) is 0 Å². The third-order valence-electron chi connectivity index (χ3n) is 4.26. The predicted molar refractivity (Wildman–Crippen MR) is 92.6 cm³/mol. The molecule has 0 bridgehead atoms. The number of anilines is 1. The number of hydrogen-bond donors (Lipinski definition) is 2. The summed E-state index contributed by atoms with van der Waals surface area (Å²) in [6.45, 7) is 0.355. The molecule has 0 unspecified atom stereocenters. The molecule has 2 N–H and O–H groups in total. The molecule has 5 nitrogen and oxygen atoms in total. The van der Waals surface area contributed by atoms with Crippen molar-refractivity contribution < 1.29 is 9.59 Å². The Labute approximate surface area is 138 Å². The van der Waals surface area contributed by atoms with E-state index in [9.17, 15) is 9.59 Å². The lowest BCUT2D eigenvalue weighted by molar-refractivity contribution is -0.128. The third kappa shape index (κ3) is 5.27. The van der Waals surface area contributed by atoms with Crippen LogP contribution in [0.15, 0.2) is 24.3 Å². The smallest absolute Gasteiger partial charge is 0.253 e. The summed E-state index contributed by atoms with van der Waals surface area (Å²) in [4.78, 5) is 25.5. The van der Waals surface area contributed by atoms with Gasteiger partial charge in [-0.3, -0.25) is 9.59 Å². The van der Waals surface area contributed by atoms with E-state index in [1.54, 1.807) is 14.1 Å². The molecular formula is C18H27N3O2. The zero-order valence-electron chi connectivity index (χ0n) is 14.1. The van der Waals surface area contributed by atoms with Gasteiger partial charge < -0.3 is 15.5 Å². The molecule has 0 atom stereocenters. The molecule has 2 amide bonds. The average Bonchev–Trinajstić information content (AvgIpc) is 2.56. The Bertz CT molecular complexity index is 537. The van der Waals surface area contributed by atoms with Crippen LogP contribution in [0.5, 0.6) is 0 Å². The van der Waals surface area contributed by atoms with Crippen LogP contribution in [-0.2, 0) is 4.79 Å². The number of nitrogens with zero attached hydrogens (tertiary/aromatic N) is 1. The number of para-hydroxylation sites is 1. The standard InChI is InChI=1S/C18H27N3O2/c1-21(2)17(22)12-13-19-18(23)15-10-6-7-11-16(15)20-14-8-4-3-5-9-14/h6-7,10-11,14,20H,3-5,8-9,12-13H2,1-2H3,(H,19,23). The van der Waals surface area contributed by atoms with Crippen LogP contribution in [0, 0.1) is 0 Å². The van der Waals surface area contributed by atoms with E-state index in [-0.39, 0.29) is 11.8 Å². The maximum absolute atomic E-state index is 12.4. The summed E-state index contributed by atoms with van der Waals surface area (Å²) >= 11 is 0. The van der Waals surface area contributed by atoms with Crippen molar-refractivity contribution in [2.24, 2.45) is 0 Å². The fraction of sp³-hybridized carbons (Fsp3) is 0.556. The van der Waals surface area contributed by atoms with Crippen molar-refractivity contribution in [3.8, 4) is 0 Å². The number of hydrogen-bond acceptors (Lipinski definition) is 3. The van der Waals surface area contributed by atoms with Gasteiger partial charge in [-0.25, -0.2) is 0 Å². The van der Waals surface area contributed by atoms with Crippen LogP contribution in [0.3, 0.4) is 0 Å². The summed E-state index contributed by atoms with van der Waals surface area (Å²) in [6, 6.07) is 8.04. The Morgan fingerprint density at radius 3 is 2.52 bits per heavy atom. The molecule has 5 heteroatoms. The highest BCUT2D eigenvalue weighted by molar-refractivity contribution is 5.99. The maximum Gasteiger partial charge on any atom is 0.253 e. The second-order valence-electron chi connectivity index (χ2n) is 6.32. The normalized spacial score (nSPS) is 15.0. The minimum atomic E-state index is -0.129. The van der Waals surface area contributed by atoms with Crippen LogP contribution < -0.4 is 10.6 Å². The molecule has 23 heavy (non-hydrogen) atoms. The van der Waals surface area contributed by atoms with Gasteiger partial charge in [0.05, 0.1) is 5.56 Å². The van der Waals surface area contributed by atoms with Crippen molar-refractivity contribution in [3.05, 3.63) is 29.8 Å². The maximum atomic E-state index is 12.4. The van der Waals surface area contributed by atoms with Gasteiger partial charge in [0.2, 0.25) is 5.91 Å². The molecule has 1 aliphatic carbocycles. The summed E-state index contributed by atoms with van der Waals surface area (Å²) in [5, 5.41) is 6.35. The van der Waals surface area contributed by atoms with Gasteiger partial charge in [0.15, 0.2) is 0 Å². The highest BCUT2D eigenvalue weighted by Gasteiger charge is 2.17. The van der Waals surface area contributed by atoms with Crippen molar-refractivity contribution in [2.45, 2.75) is 44.6 Å². The highest BCUT2D eigenvalue weighted by atomic mass is 16.2. The van der Waals surface area contributed by atoms with E-state index in [2.05, 4.69) is 10.6 Å². The van der Waals surface area contributed by atoms with Gasteiger partial charge in [-0.05, 0) is 25.0 Å². The van der Waals surface area contributed by atoms with Gasteiger partial charge in [-0.2, -0.15) is 0 Å². The summed E-state index contributed by atoms with van der Waals surface area (Å²) in [5.74, 6) is -0.116. The molecule has 2 rings (SSSR count). The van der Waals surface area contributed by atoms with Crippen LogP contribution in [0.1, 0.15) is 48.9 Å². The lowest BCUT2D eigenvalue weighted by Crippen LogP contribution is -2.31. The topological polar surface area (TPSA) is 61.4 Å². The zero-order chi connectivity index (χ0) is 16.7. The number of amides is 2. The van der Waals surface area contributed by atoms with Crippen molar-refractivity contribution >= 4 is 17.5 Å². The molecule has 0 spiro atoms. The minimum Gasteiger partial charge on any atom is -0.382 e. The molecule has 0 radical (unpaired) electrons. The molecule has 1 aromatic rings. The van der Waals surface area contributed by atoms with Crippen molar-refractivity contribution in [3.63, 3.8) is 0 Å². The van der Waals surface area contributed by atoms with Crippen LogP contribution in [0.4, 0.5) is 5.69 Å². The first kappa shape index (κ1) is 17.3. The Morgan fingerprint density at radius 1 is 1.13 bits per heavy atom. The molecule has 1 saturated carbocycles. The van der Waals surface area contributed by atoms with E-state index in [4.69, 9.17) is 0 Å². The monoisotopic (exact) mass is 317 g/mol. The van der Waals surface area contributed by atoms with Gasteiger partial charge in [0, 0.05) is 38.8 Å². The van der Waals surface area contributed by atoms with Crippen molar-refractivity contribution in [1.29, 1.82) is 0 Å². The van der Waals surface area contributed by atoms with Gasteiger partial charge in [0.25, 0.3) is 5.91 Å². The third-order valence-corrected chi connectivity index (χ3v) is 4.26. The number of nitrogens with one attached hydrogen (secondary N) is 2. The Hall–Kier alpha value is -2.04. The molecule has 0 aromatic heterocycles. The van der Waals surface area contributed by atoms with E-state index >= 15 is 0 Å². The quantitative estimate of drug-likeness (QED) is 0.848.